The van der Waals surface area contributed by atoms with E-state index in [1.165, 1.54) is 7.11 Å². The number of nitriles is 1. The third-order valence-corrected chi connectivity index (χ3v) is 3.63. The molecule has 26 heavy (non-hydrogen) atoms. The summed E-state index contributed by atoms with van der Waals surface area (Å²) in [6.07, 6.45) is 0.0742. The van der Waals surface area contributed by atoms with Gasteiger partial charge in [0.05, 0.1) is 26.7 Å². The molecular weight excluding hydrogens is 336 g/mol. The van der Waals surface area contributed by atoms with Gasteiger partial charge in [-0.1, -0.05) is 12.1 Å². The van der Waals surface area contributed by atoms with Gasteiger partial charge in [0.2, 0.25) is 0 Å². The summed E-state index contributed by atoms with van der Waals surface area (Å²) < 4.78 is 16.0. The normalized spacial score (nSPS) is 10.1. The molecule has 0 spiro atoms. The highest BCUT2D eigenvalue weighted by molar-refractivity contribution is 5.78. The predicted octanol–water partition coefficient (Wildman–Crippen LogP) is 2.56. The Labute approximate surface area is 151 Å². The first kappa shape index (κ1) is 19.1. The fraction of sp³-hybridized carbons (Fsp3) is 0.316. The van der Waals surface area contributed by atoms with Crippen LogP contribution in [0.5, 0.6) is 11.5 Å². The SMILES string of the molecule is CCOC(=O)CCOc1c(OC)cccc1-c1cc(C)[nH]c(=O)c1C#N. The number of hydrogen-bond donors (Lipinski definition) is 1. The van der Waals surface area contributed by atoms with Crippen molar-refractivity contribution in [1.29, 1.82) is 5.26 Å². The van der Waals surface area contributed by atoms with Crippen LogP contribution in [0.1, 0.15) is 24.6 Å². The van der Waals surface area contributed by atoms with E-state index in [-0.39, 0.29) is 24.6 Å². The van der Waals surface area contributed by atoms with E-state index in [1.807, 2.05) is 6.07 Å². The Balaban J connectivity index is 2.46. The number of rotatable bonds is 7. The molecule has 7 nitrogen and oxygen atoms in total. The van der Waals surface area contributed by atoms with Crippen molar-refractivity contribution in [3.63, 3.8) is 0 Å². The molecule has 136 valence electrons. The molecule has 0 unspecified atom stereocenters. The summed E-state index contributed by atoms with van der Waals surface area (Å²) in [5.74, 6) is 0.433. The lowest BCUT2D eigenvalue weighted by Gasteiger charge is -2.16. The highest BCUT2D eigenvalue weighted by Gasteiger charge is 2.18. The van der Waals surface area contributed by atoms with Gasteiger partial charge in [-0.25, -0.2) is 0 Å². The second-order valence-electron chi connectivity index (χ2n) is 5.42. The first-order valence-electron chi connectivity index (χ1n) is 8.11. The molecule has 2 rings (SSSR count). The van der Waals surface area contributed by atoms with Crippen LogP contribution >= 0.6 is 0 Å². The third kappa shape index (κ3) is 4.22. The van der Waals surface area contributed by atoms with E-state index >= 15 is 0 Å². The smallest absolute Gasteiger partial charge is 0.309 e. The number of aryl methyl sites for hydroxylation is 1. The number of benzene rings is 1. The van der Waals surface area contributed by atoms with Gasteiger partial charge < -0.3 is 19.2 Å². The van der Waals surface area contributed by atoms with Crippen LogP contribution in [-0.4, -0.2) is 31.3 Å². The molecular formula is C19H20N2O5. The molecule has 2 aromatic rings. The van der Waals surface area contributed by atoms with Gasteiger partial charge in [-0.3, -0.25) is 9.59 Å². The van der Waals surface area contributed by atoms with Crippen LogP contribution in [0.4, 0.5) is 0 Å². The van der Waals surface area contributed by atoms with Gasteiger partial charge in [-0.05, 0) is 26.0 Å². The average Bonchev–Trinajstić information content (AvgIpc) is 2.61. The molecule has 0 saturated heterocycles. The van der Waals surface area contributed by atoms with E-state index in [9.17, 15) is 14.9 Å². The number of methoxy groups -OCH3 is 1. The van der Waals surface area contributed by atoms with Crippen LogP contribution < -0.4 is 15.0 Å². The maximum Gasteiger partial charge on any atom is 0.309 e. The Hall–Kier alpha value is -3.27. The number of carbonyl (C=O) groups excluding carboxylic acids is 1. The summed E-state index contributed by atoms with van der Waals surface area (Å²) in [5.41, 5.74) is 1.11. The quantitative estimate of drug-likeness (QED) is 0.765. The lowest BCUT2D eigenvalue weighted by molar-refractivity contribution is -0.143. The van der Waals surface area contributed by atoms with Crippen molar-refractivity contribution in [2.75, 3.05) is 20.3 Å². The van der Waals surface area contributed by atoms with Crippen molar-refractivity contribution in [2.24, 2.45) is 0 Å². The maximum atomic E-state index is 12.1. The standard InChI is InChI=1S/C19H20N2O5/c1-4-25-17(22)8-9-26-18-13(6-5-7-16(18)24-3)14-10-12(2)21-19(23)15(14)11-20/h5-7,10H,4,8-9H2,1-3H3,(H,21,23). The van der Waals surface area contributed by atoms with Gasteiger partial charge in [0.25, 0.3) is 5.56 Å². The minimum absolute atomic E-state index is 0.0147. The number of nitrogens with one attached hydrogen (secondary N) is 1. The molecule has 0 fully saturated rings. The molecule has 0 aliphatic carbocycles. The Bertz CT molecular complexity index is 896. The summed E-state index contributed by atoms with van der Waals surface area (Å²) in [6, 6.07) is 8.81. The molecule has 0 bridgehead atoms. The molecule has 0 saturated carbocycles. The number of pyridine rings is 1. The van der Waals surface area contributed by atoms with Crippen molar-refractivity contribution in [1.82, 2.24) is 4.98 Å². The molecule has 1 aromatic carbocycles. The molecule has 7 heteroatoms. The number of H-pyrrole nitrogens is 1. The Morgan fingerprint density at radius 2 is 2.08 bits per heavy atom. The molecule has 0 radical (unpaired) electrons. The number of aromatic amines is 1. The highest BCUT2D eigenvalue weighted by atomic mass is 16.5. The zero-order chi connectivity index (χ0) is 19.1. The van der Waals surface area contributed by atoms with E-state index in [1.54, 1.807) is 38.1 Å². The zero-order valence-corrected chi connectivity index (χ0v) is 14.9. The topological polar surface area (TPSA) is 101 Å². The van der Waals surface area contributed by atoms with Crippen LogP contribution in [0.25, 0.3) is 11.1 Å². The van der Waals surface area contributed by atoms with Crippen LogP contribution in [-0.2, 0) is 9.53 Å². The monoisotopic (exact) mass is 356 g/mol. The van der Waals surface area contributed by atoms with Gasteiger partial charge in [0, 0.05) is 16.8 Å². The molecule has 1 heterocycles. The lowest BCUT2D eigenvalue weighted by atomic mass is 9.99. The van der Waals surface area contributed by atoms with E-state index < -0.39 is 5.56 Å². The van der Waals surface area contributed by atoms with Crippen LogP contribution in [0.2, 0.25) is 0 Å². The second-order valence-corrected chi connectivity index (χ2v) is 5.42. The van der Waals surface area contributed by atoms with Gasteiger partial charge in [0.15, 0.2) is 11.5 Å². The Morgan fingerprint density at radius 1 is 1.31 bits per heavy atom. The van der Waals surface area contributed by atoms with E-state index in [2.05, 4.69) is 4.98 Å². The van der Waals surface area contributed by atoms with Crippen LogP contribution in [0.15, 0.2) is 29.1 Å². The van der Waals surface area contributed by atoms with E-state index in [0.717, 1.165) is 0 Å². The van der Waals surface area contributed by atoms with Crippen LogP contribution in [0.3, 0.4) is 0 Å². The average molecular weight is 356 g/mol. The van der Waals surface area contributed by atoms with Crippen molar-refractivity contribution in [3.05, 3.63) is 45.9 Å². The summed E-state index contributed by atoms with van der Waals surface area (Å²) in [5, 5.41) is 9.37. The van der Waals surface area contributed by atoms with Gasteiger partial charge in [-0.2, -0.15) is 5.26 Å². The molecule has 0 amide bonds. The minimum Gasteiger partial charge on any atom is -0.493 e. The van der Waals surface area contributed by atoms with Crippen molar-refractivity contribution < 1.29 is 19.0 Å². The van der Waals surface area contributed by atoms with Crippen molar-refractivity contribution in [3.8, 4) is 28.7 Å². The lowest BCUT2D eigenvalue weighted by Crippen LogP contribution is -2.14. The number of nitrogens with zero attached hydrogens (tertiary/aromatic N) is 1. The summed E-state index contributed by atoms with van der Waals surface area (Å²) in [4.78, 5) is 26.2. The molecule has 1 aromatic heterocycles. The summed E-state index contributed by atoms with van der Waals surface area (Å²) >= 11 is 0. The Kier molecular flexibility index (Phi) is 6.39. The van der Waals surface area contributed by atoms with Crippen molar-refractivity contribution >= 4 is 5.97 Å². The Morgan fingerprint density at radius 3 is 2.73 bits per heavy atom. The zero-order valence-electron chi connectivity index (χ0n) is 14.9. The second kappa shape index (κ2) is 8.72. The van der Waals surface area contributed by atoms with Gasteiger partial charge in [0.1, 0.15) is 11.6 Å². The first-order chi connectivity index (χ1) is 12.5. The fourth-order valence-electron chi connectivity index (χ4n) is 2.52. The largest absolute Gasteiger partial charge is 0.493 e. The van der Waals surface area contributed by atoms with Crippen molar-refractivity contribution in [2.45, 2.75) is 20.3 Å². The number of aromatic nitrogens is 1. The molecule has 0 atom stereocenters. The minimum atomic E-state index is -0.470. The number of para-hydroxylation sites is 1. The number of ether oxygens (including phenoxy) is 3. The number of carbonyl (C=O) groups is 1. The van der Waals surface area contributed by atoms with E-state index in [0.29, 0.717) is 34.9 Å². The summed E-state index contributed by atoms with van der Waals surface area (Å²) in [6.45, 7) is 3.84. The first-order valence-corrected chi connectivity index (χ1v) is 8.11. The highest BCUT2D eigenvalue weighted by Crippen LogP contribution is 2.39. The van der Waals surface area contributed by atoms with E-state index in [4.69, 9.17) is 14.2 Å². The van der Waals surface area contributed by atoms with Gasteiger partial charge in [-0.15, -0.1) is 0 Å². The van der Waals surface area contributed by atoms with Crippen LogP contribution in [0, 0.1) is 18.3 Å². The predicted molar refractivity (Wildman–Crippen MR) is 95.2 cm³/mol. The number of hydrogen-bond acceptors (Lipinski definition) is 6. The molecule has 0 aliphatic rings. The third-order valence-electron chi connectivity index (χ3n) is 3.63. The number of esters is 1. The maximum absolute atomic E-state index is 12.1. The summed E-state index contributed by atoms with van der Waals surface area (Å²) in [7, 11) is 1.49. The fourth-order valence-corrected chi connectivity index (χ4v) is 2.52. The van der Waals surface area contributed by atoms with Gasteiger partial charge >= 0.3 is 5.97 Å². The molecule has 1 N–H and O–H groups in total. The molecule has 0 aliphatic heterocycles.